The highest BCUT2D eigenvalue weighted by atomic mass is 79.9. The maximum atomic E-state index is 13.7. The van der Waals surface area contributed by atoms with Crippen molar-refractivity contribution < 1.29 is 19.5 Å². The van der Waals surface area contributed by atoms with Crippen molar-refractivity contribution in [2.24, 2.45) is 21.5 Å². The number of rotatable bonds is 6. The molecule has 4 aromatic carbocycles. The largest absolute Gasteiger partial charge is 0.496 e. The van der Waals surface area contributed by atoms with Crippen LogP contribution in [0.1, 0.15) is 81.1 Å². The van der Waals surface area contributed by atoms with Crippen LogP contribution in [0, 0.1) is 11.6 Å². The molecule has 2 atom stereocenters. The molecule has 11 rings (SSSR count). The van der Waals surface area contributed by atoms with Crippen molar-refractivity contribution in [2.45, 2.75) is 57.4 Å². The SMILES string of the molecule is C.CC1(C)OB(c2cncc(F)c2)OC1(C)C.NC1=NC(c2ccncc2)(c2cccc(-c3cncc(F)c3)c2)c2ccccc21.NC1=NC(c2ccncc2)(c2cccc(Br)c2)c2ccccc21.[2HH]. The number of nitrogens with two attached hydrogens (primary N) is 2. The summed E-state index contributed by atoms with van der Waals surface area (Å²) in [7, 11) is -0.548. The highest BCUT2D eigenvalue weighted by molar-refractivity contribution is 9.10. The van der Waals surface area contributed by atoms with Crippen molar-refractivity contribution >= 4 is 40.2 Å². The number of halogens is 3. The third-order valence-corrected chi connectivity index (χ3v) is 13.3. The minimum atomic E-state index is -0.791. The molecule has 1 saturated heterocycles. The van der Waals surface area contributed by atoms with E-state index in [-0.39, 0.29) is 20.5 Å². The molecular weight excluding hydrogens is 933 g/mol. The summed E-state index contributed by atoms with van der Waals surface area (Å²) in [5.74, 6) is 0.310. The molecule has 8 aromatic rings. The van der Waals surface area contributed by atoms with Crippen LogP contribution in [-0.4, -0.2) is 49.9 Å². The second kappa shape index (κ2) is 19.4. The van der Waals surface area contributed by atoms with Gasteiger partial charge in [0.05, 0.1) is 23.6 Å². The van der Waals surface area contributed by atoms with E-state index in [4.69, 9.17) is 30.8 Å². The molecule has 4 aromatic heterocycles. The maximum Gasteiger partial charge on any atom is 0.496 e. The van der Waals surface area contributed by atoms with Crippen molar-refractivity contribution in [3.8, 4) is 11.1 Å². The molecule has 0 bridgehead atoms. The van der Waals surface area contributed by atoms with Gasteiger partial charge in [-0.2, -0.15) is 0 Å². The summed E-state index contributed by atoms with van der Waals surface area (Å²) in [6.45, 7) is 7.83. The molecular formula is C55H52BBrF2N8O2. The zero-order valence-corrected chi connectivity index (χ0v) is 39.3. The first kappa shape index (κ1) is 48.2. The smallest absolute Gasteiger partial charge is 0.399 e. The molecule has 0 spiro atoms. The predicted molar refractivity (Wildman–Crippen MR) is 275 cm³/mol. The molecule has 0 saturated carbocycles. The molecule has 7 heterocycles. The zero-order chi connectivity index (χ0) is 47.7. The van der Waals surface area contributed by atoms with E-state index in [0.717, 1.165) is 60.7 Å². The molecule has 3 aliphatic heterocycles. The molecule has 14 heteroatoms. The van der Waals surface area contributed by atoms with Crippen LogP contribution in [0.4, 0.5) is 8.78 Å². The second-order valence-corrected chi connectivity index (χ2v) is 18.4. The standard InChI is InChI=1S/C24H17FN4.C19H14BrN3.C11H15BFNO2.CH4.H2/c25-20-13-17(14-28-15-20)16-4-3-5-19(12-16)24(18-8-10-27-11-9-18)22-7-2-1-6-21(22)23(26)29-24;20-15-5-3-4-14(12-15)19(13-8-10-22-11-9-13)17-7-2-1-6-16(17)18(21)23-19;1-10(2)11(3,4)16-12(15-10)8-5-9(13)7-14-6-8;;/h1-15H,(H2,26,29);1-12H,(H2,21,23);5-7H,1-4H3;1H4;1H/i;;;;1+1. The van der Waals surface area contributed by atoms with E-state index in [1.54, 1.807) is 37.2 Å². The van der Waals surface area contributed by atoms with Crippen LogP contribution in [0.25, 0.3) is 11.1 Å². The summed E-state index contributed by atoms with van der Waals surface area (Å²) in [6, 6.07) is 43.0. The van der Waals surface area contributed by atoms with Crippen LogP contribution < -0.4 is 16.9 Å². The molecule has 10 nitrogen and oxygen atoms in total. The van der Waals surface area contributed by atoms with Crippen molar-refractivity contribution in [1.82, 2.24) is 19.9 Å². The molecule has 0 aliphatic carbocycles. The van der Waals surface area contributed by atoms with Crippen LogP contribution >= 0.6 is 15.9 Å². The van der Waals surface area contributed by atoms with Gasteiger partial charge in [0.15, 0.2) is 0 Å². The van der Waals surface area contributed by atoms with Crippen molar-refractivity contribution in [3.63, 3.8) is 0 Å². The Balaban J connectivity index is 0.000000159. The maximum absolute atomic E-state index is 13.7. The Bertz CT molecular complexity index is 3190. The number of pyridine rings is 4. The average Bonchev–Trinajstić information content (AvgIpc) is 3.92. The highest BCUT2D eigenvalue weighted by Crippen LogP contribution is 2.48. The van der Waals surface area contributed by atoms with Crippen molar-refractivity contribution in [3.05, 3.63) is 244 Å². The Labute approximate surface area is 411 Å². The van der Waals surface area contributed by atoms with Gasteiger partial charge in [-0.3, -0.25) is 19.9 Å². The van der Waals surface area contributed by atoms with Gasteiger partial charge >= 0.3 is 7.12 Å². The Morgan fingerprint density at radius 1 is 0.507 bits per heavy atom. The van der Waals surface area contributed by atoms with Crippen molar-refractivity contribution in [1.29, 1.82) is 0 Å². The molecule has 348 valence electrons. The number of aliphatic imine (C=N–C) groups is 2. The lowest BCUT2D eigenvalue weighted by Gasteiger charge is -2.32. The Morgan fingerprint density at radius 3 is 1.49 bits per heavy atom. The lowest BCUT2D eigenvalue weighted by Crippen LogP contribution is -2.41. The van der Waals surface area contributed by atoms with Gasteiger partial charge in [-0.1, -0.05) is 102 Å². The summed E-state index contributed by atoms with van der Waals surface area (Å²) >= 11 is 3.57. The first-order valence-corrected chi connectivity index (χ1v) is 22.7. The molecule has 1 fully saturated rings. The van der Waals surface area contributed by atoms with Crippen LogP contribution in [0.3, 0.4) is 0 Å². The number of hydrogen-bond donors (Lipinski definition) is 2. The molecule has 2 unspecified atom stereocenters. The first-order valence-electron chi connectivity index (χ1n) is 21.9. The summed E-state index contributed by atoms with van der Waals surface area (Å²) in [4.78, 5) is 25.9. The molecule has 0 radical (unpaired) electrons. The first-order chi connectivity index (χ1) is 32.7. The van der Waals surface area contributed by atoms with E-state index >= 15 is 0 Å². The summed E-state index contributed by atoms with van der Waals surface area (Å²) < 4.78 is 39.3. The molecule has 4 N–H and O–H groups in total. The number of benzene rings is 4. The topological polar surface area (TPSA) is 147 Å². The van der Waals surface area contributed by atoms with E-state index in [0.29, 0.717) is 22.7 Å². The van der Waals surface area contributed by atoms with Crippen LogP contribution in [0.5, 0.6) is 0 Å². The van der Waals surface area contributed by atoms with Gasteiger partial charge in [0.2, 0.25) is 0 Å². The van der Waals surface area contributed by atoms with Gasteiger partial charge in [-0.05, 0) is 121 Å². The fourth-order valence-electron chi connectivity index (χ4n) is 8.79. The number of amidine groups is 2. The molecule has 69 heavy (non-hydrogen) atoms. The van der Waals surface area contributed by atoms with Crippen LogP contribution in [0.2, 0.25) is 0 Å². The Hall–Kier alpha value is -7.26. The highest BCUT2D eigenvalue weighted by Gasteiger charge is 2.52. The fourth-order valence-corrected chi connectivity index (χ4v) is 9.19. The number of fused-ring (bicyclic) bond motifs is 2. The fraction of sp³-hybridized carbons (Fsp3) is 0.164. The van der Waals surface area contributed by atoms with Gasteiger partial charge in [0.1, 0.15) is 34.4 Å². The minimum Gasteiger partial charge on any atom is -0.399 e. The predicted octanol–water partition coefficient (Wildman–Crippen LogP) is 10.6. The van der Waals surface area contributed by atoms with E-state index in [9.17, 15) is 8.78 Å². The third-order valence-electron chi connectivity index (χ3n) is 12.8. The zero-order valence-electron chi connectivity index (χ0n) is 37.7. The van der Waals surface area contributed by atoms with Gasteiger partial charge in [0, 0.05) is 65.2 Å². The molecule has 3 aliphatic rings. The summed E-state index contributed by atoms with van der Waals surface area (Å²) in [5.41, 5.74) is 20.6. The van der Waals surface area contributed by atoms with Crippen LogP contribution in [-0.2, 0) is 20.4 Å². The van der Waals surface area contributed by atoms with Gasteiger partial charge in [0.25, 0.3) is 0 Å². The summed E-state index contributed by atoms with van der Waals surface area (Å²) in [6.07, 6.45) is 12.7. The normalized spacial score (nSPS) is 19.0. The monoisotopic (exact) mass is 985 g/mol. The van der Waals surface area contributed by atoms with E-state index in [2.05, 4.69) is 60.1 Å². The third kappa shape index (κ3) is 9.10. The number of hydrogen-bond acceptors (Lipinski definition) is 10. The lowest BCUT2D eigenvalue weighted by atomic mass is 9.77. The van der Waals surface area contributed by atoms with Gasteiger partial charge < -0.3 is 20.8 Å². The van der Waals surface area contributed by atoms with E-state index in [1.165, 1.54) is 18.3 Å². The van der Waals surface area contributed by atoms with Gasteiger partial charge in [-0.25, -0.2) is 18.8 Å². The number of aromatic nitrogens is 4. The number of nitrogens with zero attached hydrogens (tertiary/aromatic N) is 6. The second-order valence-electron chi connectivity index (χ2n) is 17.5. The molecule has 0 amide bonds. The van der Waals surface area contributed by atoms with E-state index < -0.39 is 29.4 Å². The minimum absolute atomic E-state index is 0. The Morgan fingerprint density at radius 2 is 0.986 bits per heavy atom. The lowest BCUT2D eigenvalue weighted by molar-refractivity contribution is 0.00578. The average molecular weight is 987 g/mol. The summed E-state index contributed by atoms with van der Waals surface area (Å²) in [5, 5.41) is 0. The van der Waals surface area contributed by atoms with Crippen molar-refractivity contribution in [2.75, 3.05) is 0 Å². The quantitative estimate of drug-likeness (QED) is 0.157. The van der Waals surface area contributed by atoms with Gasteiger partial charge in [-0.15, -0.1) is 0 Å². The van der Waals surface area contributed by atoms with Crippen LogP contribution in [0.15, 0.2) is 197 Å². The van der Waals surface area contributed by atoms with E-state index in [1.807, 2.05) is 125 Å². The Kier molecular flexibility index (Phi) is 13.5.